The molecule has 20 aromatic rings. The van der Waals surface area contributed by atoms with Gasteiger partial charge in [-0.1, -0.05) is 130 Å². The Morgan fingerprint density at radius 3 is 1.17 bits per heavy atom. The largest absolute Gasteiger partial charge is 0.457 e. The van der Waals surface area contributed by atoms with E-state index in [2.05, 4.69) is 85.5 Å². The predicted octanol–water partition coefficient (Wildman–Crippen LogP) is 23.1. The fourth-order valence-electron chi connectivity index (χ4n) is 14.3. The Hall–Kier alpha value is -14.5. The van der Waals surface area contributed by atoms with E-state index >= 15 is 0 Å². The molecule has 12 heterocycles. The first kappa shape index (κ1) is 84.7. The van der Waals surface area contributed by atoms with Crippen molar-refractivity contribution in [3.8, 4) is 100 Å². The van der Waals surface area contributed by atoms with Gasteiger partial charge >= 0.3 is 0 Å². The highest BCUT2D eigenvalue weighted by Gasteiger charge is 2.34. The topological polar surface area (TPSA) is 253 Å². The Bertz CT molecular complexity index is 7830. The lowest BCUT2D eigenvalue weighted by Gasteiger charge is -2.45. The molecule has 0 saturated heterocycles. The van der Waals surface area contributed by atoms with Crippen molar-refractivity contribution in [3.05, 3.63) is 365 Å². The molecular formula is C96H73F5N12O9S5. The lowest BCUT2D eigenvalue weighted by atomic mass is 10.0. The second kappa shape index (κ2) is 34.6. The van der Waals surface area contributed by atoms with E-state index in [0.29, 0.717) is 60.9 Å². The average Bonchev–Trinajstić information content (AvgIpc) is 1.61. The number of hydrogen-bond donors (Lipinski definition) is 0. The van der Waals surface area contributed by atoms with Crippen molar-refractivity contribution in [1.82, 2.24) is 55.3 Å². The van der Waals surface area contributed by atoms with Crippen LogP contribution in [0, 0.1) is 29.1 Å². The van der Waals surface area contributed by atoms with Gasteiger partial charge in [-0.05, 0) is 128 Å². The number of rotatable bonds is 17. The second-order valence-corrected chi connectivity index (χ2v) is 40.9. The zero-order valence-corrected chi connectivity index (χ0v) is 72.3. The molecule has 31 heteroatoms. The Labute approximate surface area is 731 Å². The van der Waals surface area contributed by atoms with Crippen molar-refractivity contribution in [2.75, 3.05) is 12.5 Å². The molecule has 0 fully saturated rings. The number of aryl methyl sites for hydroxylation is 1. The number of aromatic nitrogens is 12. The Kier molecular flexibility index (Phi) is 23.0. The van der Waals surface area contributed by atoms with Crippen molar-refractivity contribution < 1.29 is 60.8 Å². The molecule has 0 spiro atoms. The van der Waals surface area contributed by atoms with Crippen molar-refractivity contribution in [2.24, 2.45) is 7.05 Å². The summed E-state index contributed by atoms with van der Waals surface area (Å²) in [6.07, 6.45) is 28.8. The summed E-state index contributed by atoms with van der Waals surface area (Å²) >= 11 is 1.35. The van der Waals surface area contributed by atoms with E-state index < -0.39 is 69.4 Å². The van der Waals surface area contributed by atoms with Gasteiger partial charge in [0.1, 0.15) is 46.2 Å². The number of fused-ring (bicyclic) bond motifs is 4. The predicted molar refractivity (Wildman–Crippen MR) is 485 cm³/mol. The quantitative estimate of drug-likeness (QED) is 0.0768. The molecule has 0 N–H and O–H groups in total. The van der Waals surface area contributed by atoms with E-state index in [-0.39, 0.29) is 47.5 Å². The van der Waals surface area contributed by atoms with Gasteiger partial charge in [0, 0.05) is 186 Å². The van der Waals surface area contributed by atoms with Gasteiger partial charge in [-0.2, -0.15) is 10.2 Å². The second-order valence-electron chi connectivity index (χ2n) is 30.4. The lowest BCUT2D eigenvalue weighted by Crippen LogP contribution is -2.28. The third kappa shape index (κ3) is 16.8. The number of ether oxygens (including phenoxy) is 1. The maximum atomic E-state index is 14.4. The van der Waals surface area contributed by atoms with Crippen LogP contribution in [0.5, 0.6) is 11.5 Å². The van der Waals surface area contributed by atoms with Gasteiger partial charge in [-0.25, -0.2) is 89.0 Å². The zero-order valence-electron chi connectivity index (χ0n) is 68.2. The summed E-state index contributed by atoms with van der Waals surface area (Å²) in [4.78, 5) is 31.4. The maximum absolute atomic E-state index is 14.4. The minimum atomic E-state index is -3.91. The fraction of sp³-hybridized carbons (Fsp3) is 0.0729. The van der Waals surface area contributed by atoms with Crippen LogP contribution >= 0.6 is 21.6 Å². The molecule has 127 heavy (non-hydrogen) atoms. The highest BCUT2D eigenvalue weighted by Crippen LogP contribution is 2.57. The summed E-state index contributed by atoms with van der Waals surface area (Å²) in [6, 6.07) is 64.1. The van der Waals surface area contributed by atoms with Crippen LogP contribution in [0.3, 0.4) is 0 Å². The first-order valence-electron chi connectivity index (χ1n) is 39.1. The average molecular weight is 1790 g/mol. The standard InChI is InChI=1S/C28H29N3O2S.C24H17F2N3O2S.C22H13F2N3O2S2.C22H14FN3O3S/c1-28(2,3)34(4,5)31-18-24(26-17-29-19-32-26)23-15-20(16-30-27(23)31)22-13-9-10-14-25(22)33-21-11-7-6-8-12-21;1-28-10-9-16(14-28)22-15-29(32(30,31)19-5-3-2-4-6-19)24-21(22)11-17(13-27-24)20-8-7-18(25)12-23(20)26;23-15-6-7-17(20(24)9-15)14-8-18-19(21-11-25-13-30-21)12-27(22(18)26-10-14)31(28,29)16-4-2-1-3-5-16;23-20-9-5-4-8-17(20)15-10-18-19(21-12-24-14-29-21)13-26(22(18)25-11-15)30(27,28)16-6-2-1-3-7-16/h6-19H,1-5H3;2-15H,1H3;1-13H;1-14H. The number of nitrogens with zero attached hydrogens (tertiary/aromatic N) is 12. The Morgan fingerprint density at radius 1 is 0.362 bits per heavy atom. The fourth-order valence-corrected chi connectivity index (χ4v) is 20.5. The van der Waals surface area contributed by atoms with Crippen molar-refractivity contribution in [1.29, 1.82) is 0 Å². The lowest BCUT2D eigenvalue weighted by molar-refractivity contribution is 0.484. The highest BCUT2D eigenvalue weighted by molar-refractivity contribution is 8.32. The molecule has 0 aliphatic carbocycles. The molecule has 0 unspecified atom stereocenters. The van der Waals surface area contributed by atoms with Gasteiger partial charge in [0.05, 0.1) is 37.5 Å². The van der Waals surface area contributed by atoms with E-state index in [9.17, 15) is 47.2 Å². The highest BCUT2D eigenvalue weighted by atomic mass is 32.3. The van der Waals surface area contributed by atoms with Crippen LogP contribution in [0.2, 0.25) is 0 Å². The number of pyridine rings is 4. The van der Waals surface area contributed by atoms with E-state index in [4.69, 9.17) is 18.6 Å². The van der Waals surface area contributed by atoms with Crippen LogP contribution in [0.1, 0.15) is 20.8 Å². The number of thiazole rings is 1. The first-order chi connectivity index (χ1) is 61.1. The summed E-state index contributed by atoms with van der Waals surface area (Å²) in [5, 5.41) is 2.60. The maximum Gasteiger partial charge on any atom is 0.269 e. The monoisotopic (exact) mass is 1790 g/mol. The number of oxazole rings is 2. The van der Waals surface area contributed by atoms with E-state index in [1.807, 2.05) is 84.8 Å². The first-order valence-corrected chi connectivity index (χ1v) is 46.7. The molecule has 0 bridgehead atoms. The van der Waals surface area contributed by atoms with E-state index in [1.165, 1.54) is 128 Å². The molecule has 8 aromatic carbocycles. The van der Waals surface area contributed by atoms with Gasteiger partial charge < -0.3 is 18.1 Å². The summed E-state index contributed by atoms with van der Waals surface area (Å²) in [7, 11) is -11.1. The molecule has 636 valence electrons. The van der Waals surface area contributed by atoms with E-state index in [1.54, 1.807) is 109 Å². The number of benzene rings is 8. The van der Waals surface area contributed by atoms with Gasteiger partial charge in [0.2, 0.25) is 0 Å². The molecule has 0 aliphatic heterocycles. The van der Waals surface area contributed by atoms with Crippen molar-refractivity contribution >= 4 is 95.8 Å². The minimum absolute atomic E-state index is 0.0914. The van der Waals surface area contributed by atoms with Crippen LogP contribution < -0.4 is 4.74 Å². The summed E-state index contributed by atoms with van der Waals surface area (Å²) in [5.74, 6) is -0.484. The van der Waals surface area contributed by atoms with Crippen LogP contribution in [-0.2, 0) is 37.1 Å². The molecule has 0 aliphatic rings. The van der Waals surface area contributed by atoms with Gasteiger partial charge in [-0.3, -0.25) is 8.96 Å². The molecule has 21 nitrogen and oxygen atoms in total. The number of hydrogen-bond acceptors (Lipinski definition) is 17. The summed E-state index contributed by atoms with van der Waals surface area (Å²) < 4.78 is 175. The molecular weight excluding hydrogens is 1720 g/mol. The van der Waals surface area contributed by atoms with Crippen molar-refractivity contribution in [2.45, 2.75) is 40.2 Å². The third-order valence-electron chi connectivity index (χ3n) is 21.4. The molecule has 20 rings (SSSR count). The summed E-state index contributed by atoms with van der Waals surface area (Å²) in [6.45, 7) is 6.86. The van der Waals surface area contributed by atoms with Crippen LogP contribution in [0.25, 0.3) is 133 Å². The van der Waals surface area contributed by atoms with Crippen LogP contribution in [-0.4, -0.2) is 97.9 Å². The van der Waals surface area contributed by atoms with E-state index in [0.717, 1.165) is 85.5 Å². The molecule has 0 saturated carbocycles. The van der Waals surface area contributed by atoms with Gasteiger partial charge in [0.15, 0.2) is 41.2 Å². The molecule has 0 radical (unpaired) electrons. The molecule has 0 amide bonds. The smallest absolute Gasteiger partial charge is 0.269 e. The Balaban J connectivity index is 0.000000119. The normalized spacial score (nSPS) is 12.1. The van der Waals surface area contributed by atoms with Gasteiger partial charge in [0.25, 0.3) is 30.1 Å². The van der Waals surface area contributed by atoms with Crippen LogP contribution in [0.4, 0.5) is 22.0 Å². The number of para-hydroxylation sites is 2. The zero-order chi connectivity index (χ0) is 88.7. The Morgan fingerprint density at radius 2 is 0.748 bits per heavy atom. The molecule has 12 aromatic heterocycles. The third-order valence-corrected chi connectivity index (χ3v) is 31.5. The summed E-state index contributed by atoms with van der Waals surface area (Å²) in [5.41, 5.74) is 10.8. The van der Waals surface area contributed by atoms with Crippen molar-refractivity contribution in [3.63, 3.8) is 0 Å². The minimum Gasteiger partial charge on any atom is -0.457 e. The van der Waals surface area contributed by atoms with Crippen LogP contribution in [0.15, 0.2) is 359 Å². The van der Waals surface area contributed by atoms with Gasteiger partial charge in [-0.15, -0.1) is 11.3 Å². The number of halogens is 5. The SMILES string of the molecule is CC(C)(C)S(C)(C)n1cc(-c2cnco2)c2cc(-c3ccccc3Oc3ccccc3)cnc21.Cn1ccc(-c2cn(S(=O)(=O)c3ccccc3)c3ncc(-c4ccc(F)cc4F)cc23)c1.O=S(=O)(c1ccccc1)n1cc(-c2cnco2)c2cc(-c3ccccc3F)cnc21.O=S(=O)(c1ccccc1)n1cc(-c2cncs2)c2cc(-c3ccc(F)cc3F)cnc21. The molecule has 0 atom stereocenters.